The van der Waals surface area contributed by atoms with Gasteiger partial charge in [0.25, 0.3) is 0 Å². The van der Waals surface area contributed by atoms with Gasteiger partial charge in [-0.05, 0) is 18.8 Å². The van der Waals surface area contributed by atoms with Gasteiger partial charge < -0.3 is 5.73 Å². The molecule has 0 spiro atoms. The molecule has 19 heavy (non-hydrogen) atoms. The second-order valence-corrected chi connectivity index (χ2v) is 6.85. The van der Waals surface area contributed by atoms with Crippen molar-refractivity contribution in [1.29, 1.82) is 0 Å². The van der Waals surface area contributed by atoms with E-state index < -0.39 is 5.41 Å². The maximum Gasteiger partial charge on any atom is 0.236 e. The zero-order valence-corrected chi connectivity index (χ0v) is 12.5. The van der Waals surface area contributed by atoms with E-state index in [1.54, 1.807) is 0 Å². The molecular weight excluding hydrogens is 260 g/mol. The van der Waals surface area contributed by atoms with E-state index in [0.717, 1.165) is 25.7 Å². The molecule has 1 aliphatic carbocycles. The normalized spacial score (nSPS) is 25.7. The third-order valence-corrected chi connectivity index (χ3v) is 4.57. The number of thiocarbonyl (C=S) groups is 1. The molecule has 2 N–H and O–H groups in total. The largest absolute Gasteiger partial charge is 0.392 e. The van der Waals surface area contributed by atoms with Gasteiger partial charge in [0.1, 0.15) is 0 Å². The number of rotatable bonds is 3. The number of nitrogens with zero attached hydrogens (tertiary/aromatic N) is 1. The highest BCUT2D eigenvalue weighted by molar-refractivity contribution is 7.80. The first-order chi connectivity index (χ1) is 8.84. The van der Waals surface area contributed by atoms with E-state index in [0.29, 0.717) is 0 Å². The van der Waals surface area contributed by atoms with Crippen molar-refractivity contribution in [2.75, 3.05) is 0 Å². The molecule has 0 aromatic rings. The predicted molar refractivity (Wildman–Crippen MR) is 77.4 cm³/mol. The van der Waals surface area contributed by atoms with Crippen LogP contribution in [0.5, 0.6) is 0 Å². The Labute approximate surface area is 119 Å². The van der Waals surface area contributed by atoms with Crippen LogP contribution in [-0.2, 0) is 9.59 Å². The summed E-state index contributed by atoms with van der Waals surface area (Å²) in [6.07, 6.45) is 5.73. The van der Waals surface area contributed by atoms with Gasteiger partial charge in [-0.15, -0.1) is 0 Å². The van der Waals surface area contributed by atoms with Crippen molar-refractivity contribution >= 4 is 29.0 Å². The van der Waals surface area contributed by atoms with Crippen LogP contribution in [0, 0.1) is 11.3 Å². The lowest BCUT2D eigenvalue weighted by atomic mass is 9.83. The summed E-state index contributed by atoms with van der Waals surface area (Å²) in [5, 5.41) is 0. The maximum absolute atomic E-state index is 12.4. The second-order valence-electron chi connectivity index (χ2n) is 6.37. The number of likely N-dealkylation sites (tertiary alicyclic amines) is 1. The Morgan fingerprint density at radius 2 is 1.89 bits per heavy atom. The Hall–Kier alpha value is -0.970. The lowest BCUT2D eigenvalue weighted by Crippen LogP contribution is -2.52. The van der Waals surface area contributed by atoms with E-state index >= 15 is 0 Å². The van der Waals surface area contributed by atoms with Crippen LogP contribution >= 0.6 is 12.2 Å². The molecule has 1 saturated carbocycles. The summed E-state index contributed by atoms with van der Waals surface area (Å²) in [6, 6.07) is -0.378. The predicted octanol–water partition coefficient (Wildman–Crippen LogP) is 2.01. The van der Waals surface area contributed by atoms with E-state index in [-0.39, 0.29) is 35.2 Å². The van der Waals surface area contributed by atoms with Gasteiger partial charge in [0.15, 0.2) is 0 Å². The van der Waals surface area contributed by atoms with Gasteiger partial charge in [0.05, 0.1) is 16.4 Å². The van der Waals surface area contributed by atoms with Crippen LogP contribution in [0.2, 0.25) is 0 Å². The van der Waals surface area contributed by atoms with Crippen LogP contribution in [0.1, 0.15) is 52.4 Å². The molecule has 4 nitrogen and oxygen atoms in total. The van der Waals surface area contributed by atoms with Crippen LogP contribution in [0.3, 0.4) is 0 Å². The highest BCUT2D eigenvalue weighted by Crippen LogP contribution is 2.37. The smallest absolute Gasteiger partial charge is 0.236 e. The second kappa shape index (κ2) is 5.19. The zero-order valence-electron chi connectivity index (χ0n) is 11.6. The monoisotopic (exact) mass is 282 g/mol. The fraction of sp³-hybridized carbons (Fsp3) is 0.786. The fourth-order valence-electron chi connectivity index (χ4n) is 3.28. The molecule has 1 atom stereocenters. The standard InChI is InChI=1S/C14H22N2O2S/c1-14(2)8-10(17)16(13(14)18)11(12(15)19)9-6-4-3-5-7-9/h9,11H,3-8H2,1-2H3,(H2,15,19). The number of amides is 2. The molecule has 5 heteroatoms. The third-order valence-electron chi connectivity index (χ3n) is 4.33. The van der Waals surface area contributed by atoms with Crippen molar-refractivity contribution in [3.05, 3.63) is 0 Å². The summed E-state index contributed by atoms with van der Waals surface area (Å²) < 4.78 is 0. The van der Waals surface area contributed by atoms with Crippen molar-refractivity contribution < 1.29 is 9.59 Å². The third kappa shape index (κ3) is 2.66. The molecule has 2 fully saturated rings. The van der Waals surface area contributed by atoms with E-state index in [4.69, 9.17) is 18.0 Å². The summed E-state index contributed by atoms with van der Waals surface area (Å²) in [5.41, 5.74) is 5.23. The van der Waals surface area contributed by atoms with Gasteiger partial charge in [-0.2, -0.15) is 0 Å². The Bertz CT molecular complexity index is 414. The lowest BCUT2D eigenvalue weighted by Gasteiger charge is -2.35. The minimum atomic E-state index is -0.616. The first-order valence-corrected chi connectivity index (χ1v) is 7.41. The van der Waals surface area contributed by atoms with Crippen molar-refractivity contribution in [2.24, 2.45) is 17.1 Å². The summed E-state index contributed by atoms with van der Waals surface area (Å²) in [6.45, 7) is 3.62. The highest BCUT2D eigenvalue weighted by atomic mass is 32.1. The average Bonchev–Trinajstić information content (AvgIpc) is 2.53. The van der Waals surface area contributed by atoms with Crippen molar-refractivity contribution in [3.63, 3.8) is 0 Å². The molecule has 1 aliphatic heterocycles. The Morgan fingerprint density at radius 3 is 2.32 bits per heavy atom. The molecule has 0 aromatic heterocycles. The molecule has 2 rings (SSSR count). The zero-order chi connectivity index (χ0) is 14.2. The van der Waals surface area contributed by atoms with E-state index in [1.807, 2.05) is 13.8 Å². The molecule has 2 amide bonds. The number of hydrogen-bond donors (Lipinski definition) is 1. The quantitative estimate of drug-likeness (QED) is 0.635. The van der Waals surface area contributed by atoms with E-state index in [9.17, 15) is 9.59 Å². The first-order valence-electron chi connectivity index (χ1n) is 7.00. The molecule has 0 bridgehead atoms. The molecule has 1 heterocycles. The summed E-state index contributed by atoms with van der Waals surface area (Å²) in [5.74, 6) is -0.00713. The number of carbonyl (C=O) groups is 2. The first kappa shape index (κ1) is 14.4. The Balaban J connectivity index is 2.26. The van der Waals surface area contributed by atoms with Gasteiger partial charge in [-0.3, -0.25) is 14.5 Å². The minimum absolute atomic E-state index is 0.124. The Morgan fingerprint density at radius 1 is 1.32 bits per heavy atom. The van der Waals surface area contributed by atoms with Crippen LogP contribution in [0.15, 0.2) is 0 Å². The highest BCUT2D eigenvalue weighted by Gasteiger charge is 2.49. The molecular formula is C14H22N2O2S. The van der Waals surface area contributed by atoms with Crippen molar-refractivity contribution in [1.82, 2.24) is 4.90 Å². The number of nitrogens with two attached hydrogens (primary N) is 1. The molecule has 106 valence electrons. The molecule has 1 unspecified atom stereocenters. The molecule has 2 aliphatic rings. The van der Waals surface area contributed by atoms with Crippen molar-refractivity contribution in [2.45, 2.75) is 58.4 Å². The number of hydrogen-bond acceptors (Lipinski definition) is 3. The Kier molecular flexibility index (Phi) is 3.95. The molecule has 0 aromatic carbocycles. The maximum atomic E-state index is 12.4. The van der Waals surface area contributed by atoms with Gasteiger partial charge >= 0.3 is 0 Å². The van der Waals surface area contributed by atoms with Gasteiger partial charge in [0.2, 0.25) is 11.8 Å². The topological polar surface area (TPSA) is 63.4 Å². The van der Waals surface area contributed by atoms with E-state index in [1.165, 1.54) is 11.3 Å². The number of carbonyl (C=O) groups excluding carboxylic acids is 2. The average molecular weight is 282 g/mol. The summed E-state index contributed by atoms with van der Waals surface area (Å²) in [4.78, 5) is 26.2. The summed E-state index contributed by atoms with van der Waals surface area (Å²) >= 11 is 5.15. The van der Waals surface area contributed by atoms with Gasteiger partial charge in [-0.1, -0.05) is 45.3 Å². The fourth-order valence-corrected chi connectivity index (χ4v) is 3.58. The van der Waals surface area contributed by atoms with Crippen LogP contribution in [-0.4, -0.2) is 27.7 Å². The van der Waals surface area contributed by atoms with Crippen LogP contribution in [0.25, 0.3) is 0 Å². The van der Waals surface area contributed by atoms with Gasteiger partial charge in [-0.25, -0.2) is 0 Å². The molecule has 1 saturated heterocycles. The SMILES string of the molecule is CC1(C)CC(=O)N(C(C(N)=S)C2CCCCC2)C1=O. The van der Waals surface area contributed by atoms with Crippen LogP contribution in [0.4, 0.5) is 0 Å². The van der Waals surface area contributed by atoms with E-state index in [2.05, 4.69) is 0 Å². The molecule has 0 radical (unpaired) electrons. The summed E-state index contributed by atoms with van der Waals surface area (Å²) in [7, 11) is 0. The lowest BCUT2D eigenvalue weighted by molar-refractivity contribution is -0.143. The number of imide groups is 1. The van der Waals surface area contributed by atoms with Crippen LogP contribution < -0.4 is 5.73 Å². The van der Waals surface area contributed by atoms with Gasteiger partial charge in [0, 0.05) is 6.42 Å². The minimum Gasteiger partial charge on any atom is -0.392 e. The van der Waals surface area contributed by atoms with Crippen molar-refractivity contribution in [3.8, 4) is 0 Å².